The van der Waals surface area contributed by atoms with Gasteiger partial charge in [0.2, 0.25) is 6.79 Å². The number of ether oxygens (including phenoxy) is 2. The summed E-state index contributed by atoms with van der Waals surface area (Å²) < 4.78 is 10.5. The smallest absolute Gasteiger partial charge is 0.262 e. The molecule has 6 heteroatoms. The number of rotatable bonds is 4. The molecule has 3 rings (SSSR count). The first kappa shape index (κ1) is 16.9. The summed E-state index contributed by atoms with van der Waals surface area (Å²) in [6.07, 6.45) is 1.44. The Bertz CT molecular complexity index is 872. The standard InChI is InChI=1S/C19H15ClN2O3/c1-12(13-5-3-2-4-6-13)22-19(23)15(10-21)7-14-8-17-18(9-16(14)20)25-11-24-17/h2-9,12H,11H2,1H3,(H,22,23)/b15-7-/t12-/m1/s1. The first-order valence-electron chi connectivity index (χ1n) is 7.65. The van der Waals surface area contributed by atoms with Gasteiger partial charge in [-0.15, -0.1) is 0 Å². The molecule has 1 N–H and O–H groups in total. The lowest BCUT2D eigenvalue weighted by Gasteiger charge is -2.13. The van der Waals surface area contributed by atoms with E-state index in [9.17, 15) is 10.1 Å². The van der Waals surface area contributed by atoms with Crippen LogP contribution in [-0.2, 0) is 4.79 Å². The molecule has 1 amide bonds. The minimum absolute atomic E-state index is 0.0384. The van der Waals surface area contributed by atoms with Crippen molar-refractivity contribution in [3.05, 3.63) is 64.2 Å². The minimum atomic E-state index is -0.465. The van der Waals surface area contributed by atoms with E-state index >= 15 is 0 Å². The van der Waals surface area contributed by atoms with Gasteiger partial charge >= 0.3 is 0 Å². The molecule has 1 aliphatic heterocycles. The van der Waals surface area contributed by atoms with Crippen molar-refractivity contribution >= 4 is 23.6 Å². The van der Waals surface area contributed by atoms with Crippen LogP contribution in [0.1, 0.15) is 24.1 Å². The highest BCUT2D eigenvalue weighted by Gasteiger charge is 2.18. The summed E-state index contributed by atoms with van der Waals surface area (Å²) in [5, 5.41) is 12.5. The molecule has 1 aliphatic rings. The van der Waals surface area contributed by atoms with Crippen molar-refractivity contribution in [2.75, 3.05) is 6.79 Å². The summed E-state index contributed by atoms with van der Waals surface area (Å²) in [6.45, 7) is 1.98. The number of benzene rings is 2. The first-order chi connectivity index (χ1) is 12.1. The molecular formula is C19H15ClN2O3. The quantitative estimate of drug-likeness (QED) is 0.668. The summed E-state index contributed by atoms with van der Waals surface area (Å²) >= 11 is 6.19. The van der Waals surface area contributed by atoms with Gasteiger partial charge in [0.15, 0.2) is 11.5 Å². The van der Waals surface area contributed by atoms with Gasteiger partial charge in [-0.25, -0.2) is 0 Å². The van der Waals surface area contributed by atoms with Crippen molar-refractivity contribution in [2.24, 2.45) is 0 Å². The van der Waals surface area contributed by atoms with Crippen molar-refractivity contribution < 1.29 is 14.3 Å². The Morgan fingerprint density at radius 3 is 2.64 bits per heavy atom. The summed E-state index contributed by atoms with van der Waals surface area (Å²) in [6, 6.07) is 14.5. The number of hydrogen-bond donors (Lipinski definition) is 1. The number of amides is 1. The van der Waals surface area contributed by atoms with Crippen LogP contribution >= 0.6 is 11.6 Å². The van der Waals surface area contributed by atoms with Crippen LogP contribution in [0.3, 0.4) is 0 Å². The normalized spacial score (nSPS) is 13.9. The van der Waals surface area contributed by atoms with Crippen LogP contribution in [-0.4, -0.2) is 12.7 Å². The van der Waals surface area contributed by atoms with Gasteiger partial charge < -0.3 is 14.8 Å². The number of carbonyl (C=O) groups excluding carboxylic acids is 1. The van der Waals surface area contributed by atoms with Crippen LogP contribution < -0.4 is 14.8 Å². The molecule has 0 bridgehead atoms. The summed E-state index contributed by atoms with van der Waals surface area (Å²) in [4.78, 5) is 12.4. The number of carbonyl (C=O) groups is 1. The molecule has 2 aromatic carbocycles. The molecule has 0 saturated heterocycles. The number of hydrogen-bond acceptors (Lipinski definition) is 4. The lowest BCUT2D eigenvalue weighted by Crippen LogP contribution is -2.27. The molecule has 0 spiro atoms. The largest absolute Gasteiger partial charge is 0.454 e. The van der Waals surface area contributed by atoms with Gasteiger partial charge in [0, 0.05) is 6.07 Å². The van der Waals surface area contributed by atoms with E-state index < -0.39 is 5.91 Å². The van der Waals surface area contributed by atoms with Crippen LogP contribution in [0.5, 0.6) is 11.5 Å². The number of halogens is 1. The third kappa shape index (κ3) is 3.76. The van der Waals surface area contributed by atoms with E-state index in [-0.39, 0.29) is 18.4 Å². The molecule has 2 aromatic rings. The van der Waals surface area contributed by atoms with Crippen LogP contribution in [0.4, 0.5) is 0 Å². The van der Waals surface area contributed by atoms with Gasteiger partial charge in [0.1, 0.15) is 11.6 Å². The number of nitrogens with zero attached hydrogens (tertiary/aromatic N) is 1. The zero-order chi connectivity index (χ0) is 17.8. The molecule has 0 unspecified atom stereocenters. The van der Waals surface area contributed by atoms with Gasteiger partial charge in [0.25, 0.3) is 5.91 Å². The Kier molecular flexibility index (Phi) is 4.92. The van der Waals surface area contributed by atoms with Gasteiger partial charge in [-0.05, 0) is 30.2 Å². The van der Waals surface area contributed by atoms with E-state index in [1.54, 1.807) is 12.1 Å². The summed E-state index contributed by atoms with van der Waals surface area (Å²) in [7, 11) is 0. The molecule has 0 fully saturated rings. The Labute approximate surface area is 150 Å². The molecule has 0 aliphatic carbocycles. The molecule has 0 aromatic heterocycles. The number of fused-ring (bicyclic) bond motifs is 1. The molecule has 5 nitrogen and oxygen atoms in total. The topological polar surface area (TPSA) is 71.4 Å². The second kappa shape index (κ2) is 7.29. The molecule has 1 heterocycles. The fourth-order valence-corrected chi connectivity index (χ4v) is 2.66. The van der Waals surface area contributed by atoms with Crippen molar-refractivity contribution in [1.29, 1.82) is 5.26 Å². The fourth-order valence-electron chi connectivity index (χ4n) is 2.45. The zero-order valence-corrected chi connectivity index (χ0v) is 14.2. The minimum Gasteiger partial charge on any atom is -0.454 e. The van der Waals surface area contributed by atoms with Crippen molar-refractivity contribution in [3.8, 4) is 17.6 Å². The first-order valence-corrected chi connectivity index (χ1v) is 8.03. The Morgan fingerprint density at radius 2 is 1.96 bits per heavy atom. The van der Waals surface area contributed by atoms with Gasteiger partial charge in [-0.1, -0.05) is 41.9 Å². The zero-order valence-electron chi connectivity index (χ0n) is 13.5. The second-order valence-electron chi connectivity index (χ2n) is 5.50. The SMILES string of the molecule is C[C@@H](NC(=O)/C(C#N)=C\c1cc2c(cc1Cl)OCO2)c1ccccc1. The van der Waals surface area contributed by atoms with Crippen LogP contribution in [0.15, 0.2) is 48.0 Å². The maximum atomic E-state index is 12.4. The molecule has 1 atom stereocenters. The van der Waals surface area contributed by atoms with Crippen molar-refractivity contribution in [1.82, 2.24) is 5.32 Å². The van der Waals surface area contributed by atoms with E-state index in [0.29, 0.717) is 22.1 Å². The summed E-state index contributed by atoms with van der Waals surface area (Å²) in [5.74, 6) is 0.612. The van der Waals surface area contributed by atoms with E-state index in [1.807, 2.05) is 43.3 Å². The second-order valence-corrected chi connectivity index (χ2v) is 5.91. The molecule has 25 heavy (non-hydrogen) atoms. The lowest BCUT2D eigenvalue weighted by molar-refractivity contribution is -0.117. The predicted octanol–water partition coefficient (Wildman–Crippen LogP) is 3.85. The number of nitrogens with one attached hydrogen (secondary N) is 1. The highest BCUT2D eigenvalue weighted by Crippen LogP contribution is 2.37. The van der Waals surface area contributed by atoms with E-state index in [0.717, 1.165) is 5.56 Å². The average molecular weight is 355 g/mol. The van der Waals surface area contributed by atoms with Crippen molar-refractivity contribution in [2.45, 2.75) is 13.0 Å². The third-order valence-corrected chi connectivity index (χ3v) is 4.13. The van der Waals surface area contributed by atoms with Gasteiger partial charge in [-0.3, -0.25) is 4.79 Å². The molecule has 0 saturated carbocycles. The Morgan fingerprint density at radius 1 is 1.28 bits per heavy atom. The monoisotopic (exact) mass is 354 g/mol. The third-order valence-electron chi connectivity index (χ3n) is 3.80. The highest BCUT2D eigenvalue weighted by atomic mass is 35.5. The van der Waals surface area contributed by atoms with Crippen molar-refractivity contribution in [3.63, 3.8) is 0 Å². The molecule has 0 radical (unpaired) electrons. The van der Waals surface area contributed by atoms with Crippen LogP contribution in [0, 0.1) is 11.3 Å². The van der Waals surface area contributed by atoms with E-state index in [4.69, 9.17) is 21.1 Å². The average Bonchev–Trinajstić information content (AvgIpc) is 3.07. The Balaban J connectivity index is 1.81. The highest BCUT2D eigenvalue weighted by molar-refractivity contribution is 6.32. The predicted molar refractivity (Wildman–Crippen MR) is 94.2 cm³/mol. The maximum absolute atomic E-state index is 12.4. The Hall–Kier alpha value is -2.97. The molecular weight excluding hydrogens is 340 g/mol. The lowest BCUT2D eigenvalue weighted by atomic mass is 10.1. The summed E-state index contributed by atoms with van der Waals surface area (Å²) in [5.41, 5.74) is 1.43. The molecule has 126 valence electrons. The van der Waals surface area contributed by atoms with Gasteiger partial charge in [-0.2, -0.15) is 5.26 Å². The van der Waals surface area contributed by atoms with Crippen LogP contribution in [0.25, 0.3) is 6.08 Å². The number of nitriles is 1. The maximum Gasteiger partial charge on any atom is 0.262 e. The van der Waals surface area contributed by atoms with Crippen LogP contribution in [0.2, 0.25) is 5.02 Å². The van der Waals surface area contributed by atoms with Gasteiger partial charge in [0.05, 0.1) is 11.1 Å². The van der Waals surface area contributed by atoms with E-state index in [1.165, 1.54) is 6.08 Å². The fraction of sp³-hybridized carbons (Fsp3) is 0.158. The van der Waals surface area contributed by atoms with E-state index in [2.05, 4.69) is 5.32 Å².